The van der Waals surface area contributed by atoms with Crippen molar-refractivity contribution in [3.63, 3.8) is 0 Å². The third-order valence-electron chi connectivity index (χ3n) is 3.08. The Morgan fingerprint density at radius 2 is 2.36 bits per heavy atom. The highest BCUT2D eigenvalue weighted by atomic mass is 16.5. The predicted octanol–water partition coefficient (Wildman–Crippen LogP) is 1.17. The van der Waals surface area contributed by atoms with Crippen LogP contribution < -0.4 is 5.32 Å². The molecule has 1 atom stereocenters. The van der Waals surface area contributed by atoms with Crippen LogP contribution >= 0.6 is 0 Å². The van der Waals surface area contributed by atoms with Crippen LogP contribution in [0.5, 0.6) is 0 Å². The number of hydrogen-bond donors (Lipinski definition) is 1. The first-order chi connectivity index (χ1) is 5.35. The molecule has 0 bridgehead atoms. The first kappa shape index (κ1) is 7.56. The largest absolute Gasteiger partial charge is 0.380 e. The molecule has 1 spiro atoms. The maximum absolute atomic E-state index is 5.28. The number of nitrogens with one attached hydrogen (secondary N) is 1. The van der Waals surface area contributed by atoms with Gasteiger partial charge in [-0.2, -0.15) is 0 Å². The minimum Gasteiger partial charge on any atom is -0.380 e. The van der Waals surface area contributed by atoms with Gasteiger partial charge in [0.2, 0.25) is 0 Å². The van der Waals surface area contributed by atoms with E-state index >= 15 is 0 Å². The molecule has 0 radical (unpaired) electrons. The molecule has 64 valence electrons. The highest BCUT2D eigenvalue weighted by Crippen LogP contribution is 2.38. The fourth-order valence-electron chi connectivity index (χ4n) is 2.18. The van der Waals surface area contributed by atoms with Gasteiger partial charge in [-0.1, -0.05) is 6.92 Å². The summed E-state index contributed by atoms with van der Waals surface area (Å²) in [5.74, 6) is 0. The summed E-state index contributed by atoms with van der Waals surface area (Å²) in [6.07, 6.45) is 3.93. The molecule has 2 nitrogen and oxygen atoms in total. The van der Waals surface area contributed by atoms with Crippen LogP contribution in [0.1, 0.15) is 26.2 Å². The molecule has 2 rings (SSSR count). The van der Waals surface area contributed by atoms with Crippen molar-refractivity contribution in [1.29, 1.82) is 0 Å². The molecule has 0 aromatic carbocycles. The Morgan fingerprint density at radius 1 is 1.55 bits per heavy atom. The summed E-state index contributed by atoms with van der Waals surface area (Å²) in [5.41, 5.74) is 0.589. The van der Waals surface area contributed by atoms with Crippen molar-refractivity contribution >= 4 is 0 Å². The topological polar surface area (TPSA) is 21.3 Å². The SMILES string of the molecule is CCC1CC2(CCN1)COC2. The van der Waals surface area contributed by atoms with Crippen LogP contribution in [-0.4, -0.2) is 25.8 Å². The standard InChI is InChI=1S/C9H17NO/c1-2-8-5-9(3-4-10-8)6-11-7-9/h8,10H,2-7H2,1H3. The van der Waals surface area contributed by atoms with Crippen molar-refractivity contribution in [2.75, 3.05) is 19.8 Å². The molecule has 11 heavy (non-hydrogen) atoms. The van der Waals surface area contributed by atoms with Gasteiger partial charge < -0.3 is 10.1 Å². The lowest BCUT2D eigenvalue weighted by Gasteiger charge is -2.47. The zero-order valence-electron chi connectivity index (χ0n) is 7.23. The van der Waals surface area contributed by atoms with Gasteiger partial charge in [-0.05, 0) is 25.8 Å². The zero-order chi connectivity index (χ0) is 7.73. The summed E-state index contributed by atoms with van der Waals surface area (Å²) in [4.78, 5) is 0. The Bertz CT molecular complexity index is 142. The lowest BCUT2D eigenvalue weighted by atomic mass is 9.74. The van der Waals surface area contributed by atoms with Gasteiger partial charge >= 0.3 is 0 Å². The number of rotatable bonds is 1. The molecule has 0 amide bonds. The molecule has 0 aromatic rings. The molecular weight excluding hydrogens is 138 g/mol. The Balaban J connectivity index is 1.92. The molecule has 2 saturated heterocycles. The maximum Gasteiger partial charge on any atom is 0.0545 e. The second-order valence-corrected chi connectivity index (χ2v) is 4.01. The zero-order valence-corrected chi connectivity index (χ0v) is 7.23. The van der Waals surface area contributed by atoms with Gasteiger partial charge in [-0.15, -0.1) is 0 Å². The molecule has 0 aromatic heterocycles. The van der Waals surface area contributed by atoms with E-state index in [1.54, 1.807) is 0 Å². The van der Waals surface area contributed by atoms with E-state index in [0.29, 0.717) is 5.41 Å². The fraction of sp³-hybridized carbons (Fsp3) is 1.00. The second kappa shape index (κ2) is 2.76. The van der Waals surface area contributed by atoms with Gasteiger partial charge in [0.1, 0.15) is 0 Å². The van der Waals surface area contributed by atoms with Gasteiger partial charge in [0.25, 0.3) is 0 Å². The van der Waals surface area contributed by atoms with E-state index < -0.39 is 0 Å². The van der Waals surface area contributed by atoms with Crippen molar-refractivity contribution < 1.29 is 4.74 Å². The second-order valence-electron chi connectivity index (χ2n) is 4.01. The summed E-state index contributed by atoms with van der Waals surface area (Å²) in [6.45, 7) is 5.49. The minimum atomic E-state index is 0.589. The number of ether oxygens (including phenoxy) is 1. The van der Waals surface area contributed by atoms with Crippen molar-refractivity contribution in [3.05, 3.63) is 0 Å². The molecule has 2 heteroatoms. The van der Waals surface area contributed by atoms with Gasteiger partial charge in [0, 0.05) is 11.5 Å². The third-order valence-corrected chi connectivity index (χ3v) is 3.08. The van der Waals surface area contributed by atoms with E-state index in [9.17, 15) is 0 Å². The van der Waals surface area contributed by atoms with Crippen LogP contribution in [0.25, 0.3) is 0 Å². The van der Waals surface area contributed by atoms with Crippen LogP contribution in [-0.2, 0) is 4.74 Å². The Kier molecular flexibility index (Phi) is 1.90. The van der Waals surface area contributed by atoms with Gasteiger partial charge in [0.15, 0.2) is 0 Å². The molecule has 2 aliphatic rings. The third kappa shape index (κ3) is 1.30. The lowest BCUT2D eigenvalue weighted by molar-refractivity contribution is -0.134. The summed E-state index contributed by atoms with van der Waals surface area (Å²) in [7, 11) is 0. The number of hydrogen-bond acceptors (Lipinski definition) is 2. The van der Waals surface area contributed by atoms with E-state index in [2.05, 4.69) is 12.2 Å². The lowest BCUT2D eigenvalue weighted by Crippen LogP contribution is -2.53. The van der Waals surface area contributed by atoms with Gasteiger partial charge in [-0.3, -0.25) is 0 Å². The van der Waals surface area contributed by atoms with Crippen molar-refractivity contribution in [2.24, 2.45) is 5.41 Å². The van der Waals surface area contributed by atoms with Gasteiger partial charge in [0.05, 0.1) is 13.2 Å². The van der Waals surface area contributed by atoms with E-state index in [4.69, 9.17) is 4.74 Å². The minimum absolute atomic E-state index is 0.589. The summed E-state index contributed by atoms with van der Waals surface area (Å²) >= 11 is 0. The molecule has 2 fully saturated rings. The Hall–Kier alpha value is -0.0800. The van der Waals surface area contributed by atoms with Crippen LogP contribution in [0.15, 0.2) is 0 Å². The smallest absolute Gasteiger partial charge is 0.0545 e. The van der Waals surface area contributed by atoms with Crippen molar-refractivity contribution in [3.8, 4) is 0 Å². The molecular formula is C9H17NO. The molecule has 2 heterocycles. The van der Waals surface area contributed by atoms with E-state index in [-0.39, 0.29) is 0 Å². The van der Waals surface area contributed by atoms with Crippen molar-refractivity contribution in [2.45, 2.75) is 32.2 Å². The normalized spacial score (nSPS) is 35.2. The molecule has 2 aliphatic heterocycles. The molecule has 1 unspecified atom stereocenters. The van der Waals surface area contributed by atoms with E-state index in [1.807, 2.05) is 0 Å². The van der Waals surface area contributed by atoms with Crippen molar-refractivity contribution in [1.82, 2.24) is 5.32 Å². The molecule has 0 saturated carbocycles. The summed E-state index contributed by atoms with van der Waals surface area (Å²) in [5, 5.41) is 3.54. The molecule has 1 N–H and O–H groups in total. The summed E-state index contributed by atoms with van der Waals surface area (Å²) < 4.78 is 5.28. The monoisotopic (exact) mass is 155 g/mol. The Morgan fingerprint density at radius 3 is 2.91 bits per heavy atom. The van der Waals surface area contributed by atoms with Crippen LogP contribution in [0.3, 0.4) is 0 Å². The fourth-order valence-corrected chi connectivity index (χ4v) is 2.18. The average Bonchev–Trinajstić information content (AvgIpc) is 2.02. The predicted molar refractivity (Wildman–Crippen MR) is 44.6 cm³/mol. The van der Waals surface area contributed by atoms with Gasteiger partial charge in [-0.25, -0.2) is 0 Å². The quantitative estimate of drug-likeness (QED) is 0.613. The average molecular weight is 155 g/mol. The highest BCUT2D eigenvalue weighted by molar-refractivity contribution is 4.93. The van der Waals surface area contributed by atoms with E-state index in [1.165, 1.54) is 25.8 Å². The first-order valence-electron chi connectivity index (χ1n) is 4.66. The maximum atomic E-state index is 5.28. The number of piperidine rings is 1. The van der Waals surface area contributed by atoms with Crippen LogP contribution in [0, 0.1) is 5.41 Å². The molecule has 0 aliphatic carbocycles. The Labute approximate surface area is 68.3 Å². The first-order valence-corrected chi connectivity index (χ1v) is 4.66. The highest BCUT2D eigenvalue weighted by Gasteiger charge is 2.41. The van der Waals surface area contributed by atoms with E-state index in [0.717, 1.165) is 19.3 Å². The summed E-state index contributed by atoms with van der Waals surface area (Å²) in [6, 6.07) is 0.757. The van der Waals surface area contributed by atoms with Crippen LogP contribution in [0.4, 0.5) is 0 Å². The van der Waals surface area contributed by atoms with Crippen LogP contribution in [0.2, 0.25) is 0 Å².